The van der Waals surface area contributed by atoms with Crippen molar-refractivity contribution in [3.05, 3.63) is 36.0 Å². The van der Waals surface area contributed by atoms with Crippen molar-refractivity contribution in [3.8, 4) is 0 Å². The first-order valence-electron chi connectivity index (χ1n) is 7.11. The molecule has 0 aromatic carbocycles. The summed E-state index contributed by atoms with van der Waals surface area (Å²) in [5, 5.41) is 2.10. The van der Waals surface area contributed by atoms with Crippen molar-refractivity contribution in [3.63, 3.8) is 0 Å². The predicted molar refractivity (Wildman–Crippen MR) is 81.3 cm³/mol. The highest BCUT2D eigenvalue weighted by Crippen LogP contribution is 2.27. The van der Waals surface area contributed by atoms with Gasteiger partial charge in [-0.3, -0.25) is 19.7 Å². The monoisotopic (exact) mass is 290 g/mol. The average Bonchev–Trinajstić information content (AvgIpc) is 2.75. The van der Waals surface area contributed by atoms with Crippen LogP contribution in [0.15, 0.2) is 36.0 Å². The van der Waals surface area contributed by atoms with Gasteiger partial charge in [-0.25, -0.2) is 0 Å². The van der Waals surface area contributed by atoms with Crippen LogP contribution in [0.5, 0.6) is 0 Å². The summed E-state index contributed by atoms with van der Waals surface area (Å²) in [6.07, 6.45) is 7.36. The summed E-state index contributed by atoms with van der Waals surface area (Å²) >= 11 is 0. The minimum atomic E-state index is -0.324. The molecule has 21 heavy (non-hydrogen) atoms. The van der Waals surface area contributed by atoms with Gasteiger partial charge in [-0.15, -0.1) is 0 Å². The molecule has 0 aliphatic carbocycles. The molecule has 1 aliphatic rings. The average molecular weight is 290 g/mol. The normalized spacial score (nSPS) is 19.9. The Balaban J connectivity index is 2.75. The Kier molecular flexibility index (Phi) is 6.59. The van der Waals surface area contributed by atoms with Crippen LogP contribution in [0.4, 0.5) is 0 Å². The van der Waals surface area contributed by atoms with E-state index in [9.17, 15) is 14.4 Å². The molecule has 1 rings (SSSR count). The van der Waals surface area contributed by atoms with Crippen molar-refractivity contribution in [1.82, 2.24) is 10.2 Å². The molecule has 0 spiro atoms. The van der Waals surface area contributed by atoms with E-state index in [1.54, 1.807) is 11.0 Å². The van der Waals surface area contributed by atoms with Gasteiger partial charge in [-0.05, 0) is 25.3 Å². The second-order valence-corrected chi connectivity index (χ2v) is 4.96. The molecule has 5 nitrogen and oxygen atoms in total. The molecular formula is C16H22N2O3. The van der Waals surface area contributed by atoms with Crippen molar-refractivity contribution in [2.24, 2.45) is 0 Å². The molecule has 3 amide bonds. The van der Waals surface area contributed by atoms with Gasteiger partial charge in [-0.2, -0.15) is 0 Å². The Morgan fingerprint density at radius 2 is 2.24 bits per heavy atom. The van der Waals surface area contributed by atoms with Crippen molar-refractivity contribution >= 4 is 18.2 Å². The number of carbonyl (C=O) groups excluding carboxylic acids is 3. The van der Waals surface area contributed by atoms with E-state index in [2.05, 4.69) is 11.9 Å². The molecule has 5 heteroatoms. The Hall–Kier alpha value is -2.17. The molecular weight excluding hydrogens is 268 g/mol. The summed E-state index contributed by atoms with van der Waals surface area (Å²) in [6.45, 7) is 8.11. The number of likely N-dealkylation sites (tertiary alicyclic amines) is 1. The molecule has 1 aliphatic heterocycles. The fraction of sp³-hybridized carbons (Fsp3) is 0.438. The summed E-state index contributed by atoms with van der Waals surface area (Å²) < 4.78 is 0. The molecule has 1 saturated heterocycles. The SMILES string of the molecule is C=C/C=C1/CN(C(C)CCC(=O)NC=O)C(=O)/C1=C/CC. The van der Waals surface area contributed by atoms with Crippen LogP contribution < -0.4 is 5.32 Å². The molecule has 1 heterocycles. The predicted octanol–water partition coefficient (Wildman–Crippen LogP) is 1.72. The zero-order valence-electron chi connectivity index (χ0n) is 12.6. The van der Waals surface area contributed by atoms with Gasteiger partial charge in [0.25, 0.3) is 5.91 Å². The maximum Gasteiger partial charge on any atom is 0.254 e. The van der Waals surface area contributed by atoms with Crippen molar-refractivity contribution in [1.29, 1.82) is 0 Å². The summed E-state index contributed by atoms with van der Waals surface area (Å²) in [5.74, 6) is -0.331. The first kappa shape index (κ1) is 16.9. The minimum absolute atomic E-state index is 0.00625. The van der Waals surface area contributed by atoms with Crippen LogP contribution in [0.2, 0.25) is 0 Å². The van der Waals surface area contributed by atoms with Crippen molar-refractivity contribution in [2.75, 3.05) is 6.54 Å². The number of nitrogens with zero attached hydrogens (tertiary/aromatic N) is 1. The van der Waals surface area contributed by atoms with Gasteiger partial charge in [0.05, 0.1) is 0 Å². The van der Waals surface area contributed by atoms with Crippen LogP contribution in [0.25, 0.3) is 0 Å². The van der Waals surface area contributed by atoms with E-state index in [0.29, 0.717) is 19.4 Å². The standard InChI is InChI=1S/C16H22N2O3/c1-4-6-13-10-18(16(21)14(13)7-5-2)12(3)8-9-15(20)17-11-19/h4,6-7,11-12H,1,5,8-10H2,2-3H3,(H,17,19,20)/b13-6-,14-7+. The van der Waals surface area contributed by atoms with Crippen molar-refractivity contribution in [2.45, 2.75) is 39.2 Å². The van der Waals surface area contributed by atoms with Crippen molar-refractivity contribution < 1.29 is 14.4 Å². The number of hydrogen-bond donors (Lipinski definition) is 1. The number of hydrogen-bond acceptors (Lipinski definition) is 3. The number of amides is 3. The largest absolute Gasteiger partial charge is 0.332 e. The quantitative estimate of drug-likeness (QED) is 0.573. The molecule has 0 aromatic heterocycles. The molecule has 114 valence electrons. The van der Waals surface area contributed by atoms with E-state index in [1.807, 2.05) is 26.0 Å². The molecule has 1 N–H and O–H groups in total. The van der Waals surface area contributed by atoms with Crippen LogP contribution in [-0.2, 0) is 14.4 Å². The lowest BCUT2D eigenvalue weighted by atomic mass is 10.1. The third-order valence-corrected chi connectivity index (χ3v) is 3.45. The third-order valence-electron chi connectivity index (χ3n) is 3.45. The van der Waals surface area contributed by atoms with E-state index in [-0.39, 0.29) is 24.3 Å². The maximum atomic E-state index is 12.4. The zero-order chi connectivity index (χ0) is 15.8. The third kappa shape index (κ3) is 4.41. The molecule has 1 unspecified atom stereocenters. The van der Waals surface area contributed by atoms with Gasteiger partial charge in [0, 0.05) is 24.6 Å². The van der Waals surface area contributed by atoms with E-state index >= 15 is 0 Å². The fourth-order valence-electron chi connectivity index (χ4n) is 2.33. The lowest BCUT2D eigenvalue weighted by molar-refractivity contribution is -0.129. The lowest BCUT2D eigenvalue weighted by Gasteiger charge is -2.23. The highest BCUT2D eigenvalue weighted by molar-refractivity contribution is 6.01. The van der Waals surface area contributed by atoms with Crippen LogP contribution in [0.3, 0.4) is 0 Å². The molecule has 1 atom stereocenters. The second kappa shape index (κ2) is 8.19. The van der Waals surface area contributed by atoms with Crippen LogP contribution in [0, 0.1) is 0 Å². The fourth-order valence-corrected chi connectivity index (χ4v) is 2.33. The lowest BCUT2D eigenvalue weighted by Crippen LogP contribution is -2.35. The highest BCUT2D eigenvalue weighted by Gasteiger charge is 2.32. The first-order chi connectivity index (χ1) is 10.0. The van der Waals surface area contributed by atoms with E-state index in [0.717, 1.165) is 17.6 Å². The van der Waals surface area contributed by atoms with E-state index in [4.69, 9.17) is 0 Å². The number of nitrogens with one attached hydrogen (secondary N) is 1. The van der Waals surface area contributed by atoms with Gasteiger partial charge in [0.1, 0.15) is 0 Å². The van der Waals surface area contributed by atoms with E-state index < -0.39 is 0 Å². The summed E-state index contributed by atoms with van der Waals surface area (Å²) in [7, 11) is 0. The first-order valence-corrected chi connectivity index (χ1v) is 7.11. The molecule has 0 saturated carbocycles. The van der Waals surface area contributed by atoms with Crippen LogP contribution >= 0.6 is 0 Å². The van der Waals surface area contributed by atoms with Crippen LogP contribution in [0.1, 0.15) is 33.1 Å². The Bertz CT molecular complexity index is 492. The Morgan fingerprint density at radius 1 is 1.52 bits per heavy atom. The maximum absolute atomic E-state index is 12.4. The summed E-state index contributed by atoms with van der Waals surface area (Å²) in [5.41, 5.74) is 1.68. The van der Waals surface area contributed by atoms with Gasteiger partial charge in [-0.1, -0.05) is 31.7 Å². The van der Waals surface area contributed by atoms with Gasteiger partial charge in [0.15, 0.2) is 0 Å². The van der Waals surface area contributed by atoms with Gasteiger partial charge < -0.3 is 4.90 Å². The summed E-state index contributed by atoms with van der Waals surface area (Å²) in [6, 6.07) is -0.0640. The Labute approximate surface area is 125 Å². The molecule has 1 fully saturated rings. The summed E-state index contributed by atoms with van der Waals surface area (Å²) in [4.78, 5) is 35.6. The van der Waals surface area contributed by atoms with Gasteiger partial charge >= 0.3 is 0 Å². The Morgan fingerprint density at radius 3 is 2.81 bits per heavy atom. The second-order valence-electron chi connectivity index (χ2n) is 4.96. The molecule has 0 bridgehead atoms. The number of rotatable bonds is 7. The van der Waals surface area contributed by atoms with Crippen LogP contribution in [-0.4, -0.2) is 35.7 Å². The number of carbonyl (C=O) groups is 3. The smallest absolute Gasteiger partial charge is 0.254 e. The topological polar surface area (TPSA) is 66.5 Å². The number of imide groups is 1. The van der Waals surface area contributed by atoms with Gasteiger partial charge in [0.2, 0.25) is 12.3 Å². The highest BCUT2D eigenvalue weighted by atomic mass is 16.2. The zero-order valence-corrected chi connectivity index (χ0v) is 12.6. The molecule has 0 radical (unpaired) electrons. The minimum Gasteiger partial charge on any atom is -0.332 e. The molecule has 0 aromatic rings. The number of allylic oxidation sites excluding steroid dienone is 3. The van der Waals surface area contributed by atoms with E-state index in [1.165, 1.54) is 0 Å².